The zero-order valence-corrected chi connectivity index (χ0v) is 22.8. The molecule has 1 saturated heterocycles. The molecule has 3 N–H and O–H groups in total. The van der Waals surface area contributed by atoms with Crippen molar-refractivity contribution in [3.63, 3.8) is 0 Å². The lowest BCUT2D eigenvalue weighted by atomic mass is 10.1. The van der Waals surface area contributed by atoms with Crippen LogP contribution in [0.1, 0.15) is 41.6 Å². The number of pyridine rings is 2. The molecule has 1 amide bonds. The van der Waals surface area contributed by atoms with Gasteiger partial charge in [0.1, 0.15) is 11.3 Å². The molecule has 1 aromatic carbocycles. The molecule has 3 aliphatic rings. The van der Waals surface area contributed by atoms with E-state index in [9.17, 15) is 14.3 Å². The van der Waals surface area contributed by atoms with Crippen LogP contribution in [0.2, 0.25) is 0 Å². The number of phenols is 1. The van der Waals surface area contributed by atoms with Crippen molar-refractivity contribution in [2.45, 2.75) is 51.2 Å². The Morgan fingerprint density at radius 3 is 2.68 bits per heavy atom. The highest BCUT2D eigenvalue weighted by atomic mass is 19.1. The minimum Gasteiger partial charge on any atom is -0.505 e. The van der Waals surface area contributed by atoms with E-state index in [1.807, 2.05) is 39.9 Å². The summed E-state index contributed by atoms with van der Waals surface area (Å²) in [5, 5.41) is 15.6. The van der Waals surface area contributed by atoms with Crippen LogP contribution in [0.3, 0.4) is 0 Å². The van der Waals surface area contributed by atoms with Crippen LogP contribution in [0.4, 0.5) is 4.39 Å². The van der Waals surface area contributed by atoms with Crippen molar-refractivity contribution in [2.24, 2.45) is 17.6 Å². The van der Waals surface area contributed by atoms with Crippen molar-refractivity contribution in [2.75, 3.05) is 6.54 Å². The average Bonchev–Trinajstić information content (AvgIpc) is 3.39. The molecule has 5 heterocycles. The van der Waals surface area contributed by atoms with Crippen molar-refractivity contribution >= 4 is 22.5 Å². The van der Waals surface area contributed by atoms with Crippen molar-refractivity contribution in [3.05, 3.63) is 71.7 Å². The largest absolute Gasteiger partial charge is 0.505 e. The molecular formula is C32H31FN6O2. The van der Waals surface area contributed by atoms with Gasteiger partial charge in [0.25, 0.3) is 5.91 Å². The number of piperidine rings is 1. The van der Waals surface area contributed by atoms with Crippen LogP contribution in [0.15, 0.2) is 54.7 Å². The molecule has 8 nitrogen and oxygen atoms in total. The number of aromatic nitrogens is 4. The molecule has 41 heavy (non-hydrogen) atoms. The fourth-order valence-corrected chi connectivity index (χ4v) is 6.88. The highest BCUT2D eigenvalue weighted by molar-refractivity contribution is 5.95. The Labute approximate surface area is 236 Å². The van der Waals surface area contributed by atoms with E-state index in [-0.39, 0.29) is 23.7 Å². The fourth-order valence-electron chi connectivity index (χ4n) is 6.88. The molecule has 0 radical (unpaired) electrons. The minimum atomic E-state index is -0.670. The number of fused-ring (bicyclic) bond motifs is 4. The van der Waals surface area contributed by atoms with Crippen LogP contribution in [0, 0.1) is 24.6 Å². The van der Waals surface area contributed by atoms with Gasteiger partial charge in [0.15, 0.2) is 11.6 Å². The molecule has 3 atom stereocenters. The van der Waals surface area contributed by atoms with E-state index in [0.717, 1.165) is 59.4 Å². The van der Waals surface area contributed by atoms with Gasteiger partial charge in [-0.25, -0.2) is 13.9 Å². The van der Waals surface area contributed by atoms with Gasteiger partial charge in [0.2, 0.25) is 0 Å². The molecule has 5 aromatic rings. The summed E-state index contributed by atoms with van der Waals surface area (Å²) in [6, 6.07) is 14.4. The van der Waals surface area contributed by atoms with E-state index in [0.29, 0.717) is 28.7 Å². The van der Waals surface area contributed by atoms with E-state index in [4.69, 9.17) is 15.8 Å². The summed E-state index contributed by atoms with van der Waals surface area (Å²) in [5.41, 5.74) is 12.9. The maximum Gasteiger partial charge on any atom is 0.255 e. The SMILES string of the molecule is Cc1c(-c2cc3ccc(-c4ccc(O)c(F)c4)nc3n2CC2CC2)nn2cc(C(=O)N3CC4CCC3[C@@H]4N)ccc12. The maximum atomic E-state index is 14.1. The normalized spacial score (nSPS) is 21.9. The number of hydrogen-bond acceptors (Lipinski definition) is 5. The van der Waals surface area contributed by atoms with Crippen molar-refractivity contribution in [1.82, 2.24) is 24.1 Å². The molecule has 4 aromatic heterocycles. The molecule has 2 aliphatic carbocycles. The summed E-state index contributed by atoms with van der Waals surface area (Å²) < 4.78 is 18.2. The van der Waals surface area contributed by atoms with Gasteiger partial charge in [-0.15, -0.1) is 0 Å². The smallest absolute Gasteiger partial charge is 0.255 e. The van der Waals surface area contributed by atoms with Gasteiger partial charge in [-0.3, -0.25) is 4.79 Å². The van der Waals surface area contributed by atoms with E-state index in [1.54, 1.807) is 6.07 Å². The number of aromatic hydroxyl groups is 1. The second-order valence-electron chi connectivity index (χ2n) is 12.0. The van der Waals surface area contributed by atoms with Gasteiger partial charge in [-0.05, 0) is 93.0 Å². The summed E-state index contributed by atoms with van der Waals surface area (Å²) >= 11 is 0. The van der Waals surface area contributed by atoms with Crippen LogP contribution in [0.5, 0.6) is 5.75 Å². The second kappa shape index (κ2) is 8.88. The van der Waals surface area contributed by atoms with Crippen LogP contribution in [0.25, 0.3) is 39.2 Å². The Morgan fingerprint density at radius 1 is 1.10 bits per heavy atom. The average molecular weight is 551 g/mol. The number of rotatable bonds is 5. The Hall–Kier alpha value is -4.24. The lowest BCUT2D eigenvalue weighted by Crippen LogP contribution is -2.41. The summed E-state index contributed by atoms with van der Waals surface area (Å²) in [6.45, 7) is 3.63. The highest BCUT2D eigenvalue weighted by Crippen LogP contribution is 2.39. The first-order chi connectivity index (χ1) is 19.9. The number of carbonyl (C=O) groups excluding carboxylic acids is 1. The summed E-state index contributed by atoms with van der Waals surface area (Å²) in [7, 11) is 0. The number of nitrogens with two attached hydrogens (primary N) is 1. The van der Waals surface area contributed by atoms with Gasteiger partial charge >= 0.3 is 0 Å². The van der Waals surface area contributed by atoms with E-state index in [1.165, 1.54) is 25.0 Å². The van der Waals surface area contributed by atoms with Gasteiger partial charge in [-0.1, -0.05) is 0 Å². The number of likely N-dealkylation sites (tertiary alicyclic amines) is 1. The predicted molar refractivity (Wildman–Crippen MR) is 154 cm³/mol. The Bertz CT molecular complexity index is 1870. The molecule has 3 fully saturated rings. The van der Waals surface area contributed by atoms with Crippen LogP contribution >= 0.6 is 0 Å². The van der Waals surface area contributed by atoms with E-state index < -0.39 is 5.82 Å². The molecule has 8 rings (SSSR count). The van der Waals surface area contributed by atoms with Crippen molar-refractivity contribution in [3.8, 4) is 28.4 Å². The second-order valence-corrected chi connectivity index (χ2v) is 12.0. The van der Waals surface area contributed by atoms with Crippen LogP contribution in [-0.2, 0) is 6.54 Å². The van der Waals surface area contributed by atoms with Gasteiger partial charge in [0.05, 0.1) is 22.5 Å². The zero-order chi connectivity index (χ0) is 28.0. The predicted octanol–water partition coefficient (Wildman–Crippen LogP) is 5.14. The quantitative estimate of drug-likeness (QED) is 0.316. The summed E-state index contributed by atoms with van der Waals surface area (Å²) in [6.07, 6.45) is 6.29. The minimum absolute atomic E-state index is 0.0227. The third-order valence-electron chi connectivity index (χ3n) is 9.41. The number of hydrogen-bond donors (Lipinski definition) is 2. The first-order valence-electron chi connectivity index (χ1n) is 14.4. The van der Waals surface area contributed by atoms with E-state index >= 15 is 0 Å². The van der Waals surface area contributed by atoms with Gasteiger partial charge < -0.3 is 20.3 Å². The van der Waals surface area contributed by atoms with Crippen LogP contribution < -0.4 is 5.73 Å². The van der Waals surface area contributed by atoms with Crippen molar-refractivity contribution < 1.29 is 14.3 Å². The van der Waals surface area contributed by atoms with Gasteiger partial charge in [0, 0.05) is 47.9 Å². The molecule has 0 spiro atoms. The first-order valence-corrected chi connectivity index (χ1v) is 14.4. The summed E-state index contributed by atoms with van der Waals surface area (Å²) in [5.74, 6) is -0.0321. The van der Waals surface area contributed by atoms with Gasteiger partial charge in [-0.2, -0.15) is 5.10 Å². The maximum absolute atomic E-state index is 14.1. The number of aryl methyl sites for hydroxylation is 1. The number of carbonyl (C=O) groups is 1. The molecule has 1 aliphatic heterocycles. The van der Waals surface area contributed by atoms with Crippen LogP contribution in [-0.4, -0.2) is 53.7 Å². The lowest BCUT2D eigenvalue weighted by Gasteiger charge is -2.27. The molecule has 9 heteroatoms. The first kappa shape index (κ1) is 24.5. The molecule has 208 valence electrons. The third-order valence-corrected chi connectivity index (χ3v) is 9.41. The highest BCUT2D eigenvalue weighted by Gasteiger charge is 2.46. The zero-order valence-electron chi connectivity index (χ0n) is 22.8. The standard InChI is InChI=1S/C32H31FN6O2/c1-17-25-9-6-22(32(41)38-15-21-5-10-26(38)29(21)34)16-39(25)36-30(17)27-13-20-4-8-24(19-7-11-28(40)23(33)12-19)35-31(20)37(27)14-18-2-3-18/h4,6-9,11-13,16,18,21,26,29,40H,2-3,5,10,14-15,34H2,1H3/t21?,26?,29-/m1/s1. The summed E-state index contributed by atoms with van der Waals surface area (Å²) in [4.78, 5) is 20.4. The molecular weight excluding hydrogens is 519 g/mol. The topological polar surface area (TPSA) is 102 Å². The number of nitrogens with zero attached hydrogens (tertiary/aromatic N) is 5. The lowest BCUT2D eigenvalue weighted by molar-refractivity contribution is 0.0700. The molecule has 2 bridgehead atoms. The van der Waals surface area contributed by atoms with E-state index in [2.05, 4.69) is 17.6 Å². The number of phenolic OH excluding ortho intramolecular Hbond substituents is 1. The van der Waals surface area contributed by atoms with Crippen molar-refractivity contribution in [1.29, 1.82) is 0 Å². The fraction of sp³-hybridized carbons (Fsp3) is 0.344. The number of benzene rings is 1. The Morgan fingerprint density at radius 2 is 1.95 bits per heavy atom. The molecule has 2 saturated carbocycles. The monoisotopic (exact) mass is 550 g/mol. The third kappa shape index (κ3) is 3.86. The Kier molecular flexibility index (Phi) is 5.32. The molecule has 2 unspecified atom stereocenters. The number of halogens is 1. The Balaban J connectivity index is 1.20. The number of amides is 1.